The van der Waals surface area contributed by atoms with E-state index in [0.29, 0.717) is 18.7 Å². The van der Waals surface area contributed by atoms with Crippen LogP contribution in [-0.4, -0.2) is 41.0 Å². The predicted molar refractivity (Wildman–Crippen MR) is 77.9 cm³/mol. The molecule has 0 aliphatic carbocycles. The maximum atomic E-state index is 12.0. The fourth-order valence-corrected chi connectivity index (χ4v) is 1.77. The first-order valence-electron chi connectivity index (χ1n) is 6.57. The number of hydrogen-bond acceptors (Lipinski definition) is 3. The van der Waals surface area contributed by atoms with Gasteiger partial charge < -0.3 is 21.1 Å². The lowest BCUT2D eigenvalue weighted by molar-refractivity contribution is -0.137. The number of hydrogen-bond donors (Lipinski definition) is 3. The summed E-state index contributed by atoms with van der Waals surface area (Å²) in [5.41, 5.74) is 6.44. The minimum absolute atomic E-state index is 0.0279. The number of anilines is 1. The largest absolute Gasteiger partial charge is 0.481 e. The molecule has 3 amide bonds. The maximum Gasteiger partial charge on any atom is 0.322 e. The van der Waals surface area contributed by atoms with Gasteiger partial charge in [0.2, 0.25) is 5.91 Å². The summed E-state index contributed by atoms with van der Waals surface area (Å²) in [6.07, 6.45) is 0.415. The van der Waals surface area contributed by atoms with Gasteiger partial charge in [-0.15, -0.1) is 0 Å². The molecule has 0 heterocycles. The fraction of sp³-hybridized carbons (Fsp3) is 0.357. The van der Waals surface area contributed by atoms with E-state index in [-0.39, 0.29) is 13.0 Å². The smallest absolute Gasteiger partial charge is 0.322 e. The SMILES string of the molecule is CCN(CC(N)=O)C(=O)Nc1cccc(CCC(=O)O)c1. The van der Waals surface area contributed by atoms with Gasteiger partial charge in [-0.2, -0.15) is 0 Å². The first-order chi connectivity index (χ1) is 9.92. The molecule has 4 N–H and O–H groups in total. The van der Waals surface area contributed by atoms with Gasteiger partial charge in [0.25, 0.3) is 0 Å². The first-order valence-corrected chi connectivity index (χ1v) is 6.57. The van der Waals surface area contributed by atoms with Gasteiger partial charge >= 0.3 is 12.0 Å². The van der Waals surface area contributed by atoms with Crippen molar-refractivity contribution in [2.75, 3.05) is 18.4 Å². The molecule has 0 aromatic heterocycles. The van der Waals surface area contributed by atoms with E-state index in [0.717, 1.165) is 5.56 Å². The molecular weight excluding hydrogens is 274 g/mol. The van der Waals surface area contributed by atoms with Gasteiger partial charge in [-0.05, 0) is 31.0 Å². The number of carbonyl (C=O) groups excluding carboxylic acids is 2. The number of nitrogens with two attached hydrogens (primary N) is 1. The quantitative estimate of drug-likeness (QED) is 0.697. The van der Waals surface area contributed by atoms with Crippen molar-refractivity contribution < 1.29 is 19.5 Å². The van der Waals surface area contributed by atoms with Crippen molar-refractivity contribution in [3.63, 3.8) is 0 Å². The van der Waals surface area contributed by atoms with Crippen LogP contribution >= 0.6 is 0 Å². The second-order valence-corrected chi connectivity index (χ2v) is 4.50. The first kappa shape index (κ1) is 16.5. The summed E-state index contributed by atoms with van der Waals surface area (Å²) in [6.45, 7) is 1.94. The van der Waals surface area contributed by atoms with Crippen LogP contribution in [0.2, 0.25) is 0 Å². The van der Waals surface area contributed by atoms with Crippen molar-refractivity contribution >= 4 is 23.6 Å². The zero-order chi connectivity index (χ0) is 15.8. The topological polar surface area (TPSA) is 113 Å². The van der Waals surface area contributed by atoms with Crippen molar-refractivity contribution in [2.45, 2.75) is 19.8 Å². The lowest BCUT2D eigenvalue weighted by atomic mass is 10.1. The molecule has 0 saturated carbocycles. The standard InChI is InChI=1S/C14H19N3O4/c1-2-17(9-12(15)18)14(21)16-11-5-3-4-10(8-11)6-7-13(19)20/h3-5,8H,2,6-7,9H2,1H3,(H2,15,18)(H,16,21)(H,19,20). The zero-order valence-electron chi connectivity index (χ0n) is 11.8. The van der Waals surface area contributed by atoms with Gasteiger partial charge in [0.05, 0.1) is 0 Å². The lowest BCUT2D eigenvalue weighted by Gasteiger charge is -2.19. The molecule has 21 heavy (non-hydrogen) atoms. The van der Waals surface area contributed by atoms with Gasteiger partial charge in [0.15, 0.2) is 0 Å². The van der Waals surface area contributed by atoms with Crippen molar-refractivity contribution in [3.8, 4) is 0 Å². The van der Waals surface area contributed by atoms with Gasteiger partial charge in [0.1, 0.15) is 6.54 Å². The molecule has 1 rings (SSSR count). The number of primary amides is 1. The minimum atomic E-state index is -0.872. The Balaban J connectivity index is 2.68. The van der Waals surface area contributed by atoms with Crippen molar-refractivity contribution in [2.24, 2.45) is 5.73 Å². The van der Waals surface area contributed by atoms with E-state index in [1.54, 1.807) is 31.2 Å². The Bertz CT molecular complexity index is 531. The van der Waals surface area contributed by atoms with Crippen molar-refractivity contribution in [1.82, 2.24) is 4.90 Å². The molecule has 7 nitrogen and oxygen atoms in total. The Morgan fingerprint density at radius 3 is 2.62 bits per heavy atom. The van der Waals surface area contributed by atoms with Crippen LogP contribution in [0.3, 0.4) is 0 Å². The second kappa shape index (κ2) is 7.88. The third-order valence-electron chi connectivity index (χ3n) is 2.82. The normalized spacial score (nSPS) is 9.95. The molecule has 0 fully saturated rings. The molecule has 0 aliphatic heterocycles. The average molecular weight is 293 g/mol. The Labute approximate surface area is 122 Å². The van der Waals surface area contributed by atoms with E-state index in [2.05, 4.69) is 5.32 Å². The summed E-state index contributed by atoms with van der Waals surface area (Å²) >= 11 is 0. The van der Waals surface area contributed by atoms with E-state index < -0.39 is 17.9 Å². The van der Waals surface area contributed by atoms with E-state index in [1.807, 2.05) is 0 Å². The molecule has 1 aromatic carbocycles. The van der Waals surface area contributed by atoms with Crippen LogP contribution in [0, 0.1) is 0 Å². The third kappa shape index (κ3) is 5.94. The Morgan fingerprint density at radius 2 is 2.05 bits per heavy atom. The molecule has 0 spiro atoms. The molecule has 0 aliphatic rings. The van der Waals surface area contributed by atoms with Crippen molar-refractivity contribution in [1.29, 1.82) is 0 Å². The van der Waals surface area contributed by atoms with Crippen LogP contribution in [0.1, 0.15) is 18.9 Å². The van der Waals surface area contributed by atoms with Crippen LogP contribution in [0.25, 0.3) is 0 Å². The lowest BCUT2D eigenvalue weighted by Crippen LogP contribution is -2.40. The summed E-state index contributed by atoms with van der Waals surface area (Å²) in [7, 11) is 0. The van der Waals surface area contributed by atoms with Crippen LogP contribution < -0.4 is 11.1 Å². The highest BCUT2D eigenvalue weighted by atomic mass is 16.4. The minimum Gasteiger partial charge on any atom is -0.481 e. The highest BCUT2D eigenvalue weighted by Crippen LogP contribution is 2.13. The van der Waals surface area contributed by atoms with Crippen molar-refractivity contribution in [3.05, 3.63) is 29.8 Å². The predicted octanol–water partition coefficient (Wildman–Crippen LogP) is 1.04. The average Bonchev–Trinajstić information content (AvgIpc) is 2.42. The summed E-state index contributed by atoms with van der Waals surface area (Å²) in [4.78, 5) is 34.7. The number of urea groups is 1. The fourth-order valence-electron chi connectivity index (χ4n) is 1.77. The molecule has 7 heteroatoms. The van der Waals surface area contributed by atoms with E-state index in [9.17, 15) is 14.4 Å². The van der Waals surface area contributed by atoms with Gasteiger partial charge in [-0.25, -0.2) is 4.79 Å². The molecule has 1 aromatic rings. The molecule has 0 unspecified atom stereocenters. The van der Waals surface area contributed by atoms with Gasteiger partial charge in [0, 0.05) is 18.7 Å². The number of carbonyl (C=O) groups is 3. The number of carboxylic acids is 1. The van der Waals surface area contributed by atoms with E-state index in [1.165, 1.54) is 4.90 Å². The molecule has 0 radical (unpaired) electrons. The highest BCUT2D eigenvalue weighted by Gasteiger charge is 2.14. The van der Waals surface area contributed by atoms with E-state index in [4.69, 9.17) is 10.8 Å². The Morgan fingerprint density at radius 1 is 1.33 bits per heavy atom. The monoisotopic (exact) mass is 293 g/mol. The van der Waals surface area contributed by atoms with Gasteiger partial charge in [-0.1, -0.05) is 12.1 Å². The number of rotatable bonds is 7. The summed E-state index contributed by atoms with van der Waals surface area (Å²) < 4.78 is 0. The van der Waals surface area contributed by atoms with Crippen LogP contribution in [0.5, 0.6) is 0 Å². The highest BCUT2D eigenvalue weighted by molar-refractivity contribution is 5.92. The number of likely N-dealkylation sites (N-methyl/N-ethyl adjacent to an activating group) is 1. The van der Waals surface area contributed by atoms with Crippen LogP contribution in [0.4, 0.5) is 10.5 Å². The number of aliphatic carboxylic acids is 1. The molecular formula is C14H19N3O4. The molecule has 0 saturated heterocycles. The molecule has 114 valence electrons. The van der Waals surface area contributed by atoms with Crippen LogP contribution in [0.15, 0.2) is 24.3 Å². The third-order valence-corrected chi connectivity index (χ3v) is 2.82. The number of nitrogens with zero attached hydrogens (tertiary/aromatic N) is 1. The number of aryl methyl sites for hydroxylation is 1. The number of amides is 3. The Kier molecular flexibility index (Phi) is 6.19. The summed E-state index contributed by atoms with van der Waals surface area (Å²) in [5, 5.41) is 11.3. The number of nitrogens with one attached hydrogen (secondary N) is 1. The van der Waals surface area contributed by atoms with E-state index >= 15 is 0 Å². The van der Waals surface area contributed by atoms with Gasteiger partial charge in [-0.3, -0.25) is 9.59 Å². The second-order valence-electron chi connectivity index (χ2n) is 4.50. The Hall–Kier alpha value is -2.57. The molecule has 0 bridgehead atoms. The molecule has 0 atom stereocenters. The maximum absolute atomic E-state index is 12.0. The number of carboxylic acid groups (broad SMARTS) is 1. The summed E-state index contributed by atoms with van der Waals surface area (Å²) in [5.74, 6) is -1.45. The number of benzene rings is 1. The van der Waals surface area contributed by atoms with Crippen LogP contribution in [-0.2, 0) is 16.0 Å². The zero-order valence-corrected chi connectivity index (χ0v) is 11.8. The summed E-state index contributed by atoms with van der Waals surface area (Å²) in [6, 6.07) is 6.50.